The first-order chi connectivity index (χ1) is 12.3. The van der Waals surface area contributed by atoms with E-state index in [0.29, 0.717) is 11.1 Å². The lowest BCUT2D eigenvalue weighted by Crippen LogP contribution is -2.19. The fourth-order valence-corrected chi connectivity index (χ4v) is 3.74. The summed E-state index contributed by atoms with van der Waals surface area (Å²) >= 11 is 0. The Hall–Kier alpha value is -2.76. The lowest BCUT2D eigenvalue weighted by molar-refractivity contribution is 0.101. The van der Waals surface area contributed by atoms with E-state index in [2.05, 4.69) is 43.0 Å². The molecule has 0 saturated carbocycles. The summed E-state index contributed by atoms with van der Waals surface area (Å²) in [5.74, 6) is 2.09. The fourth-order valence-electron chi connectivity index (χ4n) is 2.76. The molecule has 0 radical (unpaired) electrons. The van der Waals surface area contributed by atoms with Crippen molar-refractivity contribution in [1.29, 1.82) is 5.26 Å². The number of ketones is 1. The monoisotopic (exact) mass is 361 g/mol. The van der Waals surface area contributed by atoms with Gasteiger partial charge in [0.1, 0.15) is 0 Å². The van der Waals surface area contributed by atoms with Gasteiger partial charge in [0.25, 0.3) is 0 Å². The van der Waals surface area contributed by atoms with E-state index in [1.165, 1.54) is 0 Å². The van der Waals surface area contributed by atoms with Crippen LogP contribution in [0.25, 0.3) is 22.6 Å². The van der Waals surface area contributed by atoms with Crippen LogP contribution in [0.5, 0.6) is 0 Å². The van der Waals surface area contributed by atoms with E-state index in [4.69, 9.17) is 10.2 Å². The van der Waals surface area contributed by atoms with Gasteiger partial charge in [-0.25, -0.2) is 4.98 Å². The highest BCUT2D eigenvalue weighted by Gasteiger charge is 2.19. The Morgan fingerprint density at radius 2 is 1.77 bits per heavy atom. The second-order valence-electron chi connectivity index (χ2n) is 7.17. The number of pyridine rings is 1. The van der Waals surface area contributed by atoms with Crippen molar-refractivity contribution in [3.05, 3.63) is 59.4 Å². The van der Waals surface area contributed by atoms with Gasteiger partial charge in [-0.3, -0.25) is 4.79 Å². The van der Waals surface area contributed by atoms with E-state index < -0.39 is 0 Å². The van der Waals surface area contributed by atoms with Crippen molar-refractivity contribution in [2.24, 2.45) is 0 Å². The summed E-state index contributed by atoms with van der Waals surface area (Å²) in [6.07, 6.45) is 0. The first-order valence-corrected chi connectivity index (χ1v) is 9.29. The van der Waals surface area contributed by atoms with Crippen molar-refractivity contribution in [2.75, 3.05) is 0 Å². The molecule has 4 nitrogen and oxygen atoms in total. The minimum absolute atomic E-state index is 0.00554. The number of aromatic nitrogens is 2. The molecule has 2 aromatic heterocycles. The second-order valence-corrected chi connectivity index (χ2v) is 8.10. The molecular weight excluding hydrogens is 341 g/mol. The van der Waals surface area contributed by atoms with Crippen LogP contribution in [0.3, 0.4) is 0 Å². The Morgan fingerprint density at radius 1 is 1.12 bits per heavy atom. The molecule has 0 saturated heterocycles. The molecule has 3 rings (SSSR count). The van der Waals surface area contributed by atoms with Gasteiger partial charge in [0.05, 0.1) is 28.7 Å². The molecular formula is C21H20N3OP. The predicted octanol–water partition coefficient (Wildman–Crippen LogP) is 5.63. The number of nitrogens with zero attached hydrogens (tertiary/aromatic N) is 3. The predicted molar refractivity (Wildman–Crippen MR) is 105 cm³/mol. The number of rotatable bonds is 3. The van der Waals surface area contributed by atoms with Crippen LogP contribution in [0, 0.1) is 11.3 Å². The summed E-state index contributed by atoms with van der Waals surface area (Å²) < 4.78 is 2.25. The summed E-state index contributed by atoms with van der Waals surface area (Å²) in [7, 11) is 1.10. The van der Waals surface area contributed by atoms with Crippen molar-refractivity contribution in [3.8, 4) is 28.7 Å². The van der Waals surface area contributed by atoms with Crippen LogP contribution in [-0.4, -0.2) is 15.1 Å². The van der Waals surface area contributed by atoms with Crippen molar-refractivity contribution in [3.63, 3.8) is 0 Å². The summed E-state index contributed by atoms with van der Waals surface area (Å²) in [4.78, 5) is 16.9. The molecule has 0 aliphatic heterocycles. The van der Waals surface area contributed by atoms with Gasteiger partial charge in [-0.1, -0.05) is 12.1 Å². The molecule has 0 N–H and O–H groups in total. The molecule has 0 aliphatic rings. The lowest BCUT2D eigenvalue weighted by atomic mass is 10.0. The second kappa shape index (κ2) is 6.86. The van der Waals surface area contributed by atoms with Gasteiger partial charge in [-0.05, 0) is 63.8 Å². The summed E-state index contributed by atoms with van der Waals surface area (Å²) in [5, 5.41) is 8.98. The van der Waals surface area contributed by atoms with Crippen LogP contribution in [0.4, 0.5) is 0 Å². The molecule has 0 fully saturated rings. The van der Waals surface area contributed by atoms with E-state index in [-0.39, 0.29) is 11.3 Å². The number of carbonyl (C=O) groups excluding carboxylic acids is 1. The quantitative estimate of drug-likeness (QED) is 0.568. The van der Waals surface area contributed by atoms with Crippen molar-refractivity contribution in [2.45, 2.75) is 33.2 Å². The third kappa shape index (κ3) is 3.59. The Morgan fingerprint density at radius 3 is 2.35 bits per heavy atom. The highest BCUT2D eigenvalue weighted by molar-refractivity contribution is 7.25. The highest BCUT2D eigenvalue weighted by atomic mass is 31.0. The molecule has 0 amide bonds. The minimum atomic E-state index is -0.0527. The fraction of sp³-hybridized carbons (Fsp3) is 0.238. The van der Waals surface area contributed by atoms with Crippen LogP contribution >= 0.6 is 8.35 Å². The minimum Gasteiger partial charge on any atom is -0.317 e. The molecule has 130 valence electrons. The molecule has 0 aliphatic carbocycles. The van der Waals surface area contributed by atoms with E-state index in [1.54, 1.807) is 19.1 Å². The Bertz CT molecular complexity index is 1000. The molecule has 5 heteroatoms. The molecule has 26 heavy (non-hydrogen) atoms. The molecule has 0 spiro atoms. The SMILES string of the molecule is CC(=O)c1cc(-c2ccc(C#N)cc2)nc(-c2ccpn2C(C)(C)C)c1. The Balaban J connectivity index is 2.18. The van der Waals surface area contributed by atoms with E-state index >= 15 is 0 Å². The number of benzene rings is 1. The molecule has 0 atom stereocenters. The van der Waals surface area contributed by atoms with Crippen molar-refractivity contribution >= 4 is 14.1 Å². The topological polar surface area (TPSA) is 58.7 Å². The molecule has 1 aromatic carbocycles. The van der Waals surface area contributed by atoms with E-state index in [1.807, 2.05) is 24.3 Å². The smallest absolute Gasteiger partial charge is 0.159 e. The first-order valence-electron chi connectivity index (χ1n) is 8.38. The van der Waals surface area contributed by atoms with Crippen LogP contribution in [-0.2, 0) is 5.54 Å². The van der Waals surface area contributed by atoms with Gasteiger partial charge in [0.15, 0.2) is 5.78 Å². The van der Waals surface area contributed by atoms with Crippen LogP contribution < -0.4 is 0 Å². The number of carbonyl (C=O) groups is 1. The zero-order valence-corrected chi connectivity index (χ0v) is 16.2. The van der Waals surface area contributed by atoms with Crippen LogP contribution in [0.15, 0.2) is 48.3 Å². The standard InChI is InChI=1S/C21H20N3OP/c1-14(25)17-11-18(16-7-5-15(13-22)6-8-16)23-19(12-17)20-9-10-26-24(20)21(2,3)4/h5-12H,1-4H3. The van der Waals surface area contributed by atoms with Gasteiger partial charge in [-0.2, -0.15) is 5.26 Å². The molecule has 3 aromatic rings. The number of hydrogen-bond donors (Lipinski definition) is 0. The van der Waals surface area contributed by atoms with Crippen molar-refractivity contribution in [1.82, 2.24) is 9.31 Å². The summed E-state index contributed by atoms with van der Waals surface area (Å²) in [6.45, 7) is 8.03. The largest absolute Gasteiger partial charge is 0.317 e. The summed E-state index contributed by atoms with van der Waals surface area (Å²) in [5.41, 5.74) is 4.59. The van der Waals surface area contributed by atoms with Crippen molar-refractivity contribution < 1.29 is 4.79 Å². The lowest BCUT2D eigenvalue weighted by Gasteiger charge is -2.23. The number of hydrogen-bond acceptors (Lipinski definition) is 3. The third-order valence-corrected chi connectivity index (χ3v) is 5.41. The highest BCUT2D eigenvalue weighted by Crippen LogP contribution is 2.33. The zero-order chi connectivity index (χ0) is 18.9. The maximum atomic E-state index is 12.1. The molecule has 0 unspecified atom stereocenters. The average Bonchev–Trinajstić information content (AvgIpc) is 3.11. The van der Waals surface area contributed by atoms with E-state index in [9.17, 15) is 4.79 Å². The Kier molecular flexibility index (Phi) is 4.76. The van der Waals surface area contributed by atoms with Gasteiger partial charge in [-0.15, -0.1) is 0 Å². The normalized spacial score (nSPS) is 11.5. The third-order valence-electron chi connectivity index (χ3n) is 4.08. The maximum absolute atomic E-state index is 12.1. The maximum Gasteiger partial charge on any atom is 0.159 e. The first kappa shape index (κ1) is 18.0. The van der Waals surface area contributed by atoms with E-state index in [0.717, 1.165) is 31.0 Å². The molecule has 0 bridgehead atoms. The van der Waals surface area contributed by atoms with Gasteiger partial charge in [0, 0.05) is 25.0 Å². The number of nitriles is 1. The summed E-state index contributed by atoms with van der Waals surface area (Å²) in [6, 6.07) is 15.1. The van der Waals surface area contributed by atoms with Crippen LogP contribution in [0.1, 0.15) is 43.6 Å². The average molecular weight is 361 g/mol. The molecule has 2 heterocycles. The van der Waals surface area contributed by atoms with Crippen LogP contribution in [0.2, 0.25) is 0 Å². The number of Topliss-reactive ketones (excluding diaryl/α,β-unsaturated/α-hetero) is 1. The Labute approximate surface area is 155 Å². The zero-order valence-electron chi connectivity index (χ0n) is 15.3. The van der Waals surface area contributed by atoms with Gasteiger partial charge < -0.3 is 4.33 Å². The van der Waals surface area contributed by atoms with Gasteiger partial charge in [0.2, 0.25) is 0 Å². The van der Waals surface area contributed by atoms with Gasteiger partial charge >= 0.3 is 0 Å².